The number of pyridine rings is 1. The number of carbonyl (C=O) groups excluding carboxylic acids is 1. The number of aromatic nitrogens is 2. The third kappa shape index (κ3) is 5.46. The molecule has 154 valence electrons. The number of para-hydroxylation sites is 1. The second-order valence-electron chi connectivity index (χ2n) is 6.57. The molecule has 0 saturated carbocycles. The Morgan fingerprint density at radius 1 is 1.24 bits per heavy atom. The Morgan fingerprint density at radius 2 is 2.00 bits per heavy atom. The van der Waals surface area contributed by atoms with Crippen LogP contribution in [0.2, 0.25) is 0 Å². The van der Waals surface area contributed by atoms with Gasteiger partial charge in [-0.25, -0.2) is 9.37 Å². The number of hydrogen-bond acceptors (Lipinski definition) is 3. The molecule has 0 saturated heterocycles. The lowest BCUT2D eigenvalue weighted by atomic mass is 10.1. The van der Waals surface area contributed by atoms with E-state index in [0.717, 1.165) is 28.6 Å². The molecule has 1 atom stereocenters. The predicted molar refractivity (Wildman–Crippen MR) is 98.9 cm³/mol. The van der Waals surface area contributed by atoms with Crippen LogP contribution >= 0.6 is 0 Å². The molecule has 29 heavy (non-hydrogen) atoms. The molecule has 0 aliphatic rings. The van der Waals surface area contributed by atoms with Crippen LogP contribution in [-0.4, -0.2) is 28.7 Å². The van der Waals surface area contributed by atoms with Crippen LogP contribution in [0.4, 0.5) is 17.6 Å². The Morgan fingerprint density at radius 3 is 2.76 bits per heavy atom. The Labute approximate surface area is 164 Å². The van der Waals surface area contributed by atoms with E-state index < -0.39 is 24.6 Å². The zero-order chi connectivity index (χ0) is 21.0. The first kappa shape index (κ1) is 20.6. The summed E-state index contributed by atoms with van der Waals surface area (Å²) in [4.78, 5) is 19.2. The zero-order valence-electron chi connectivity index (χ0n) is 15.5. The van der Waals surface area contributed by atoms with Gasteiger partial charge in [-0.15, -0.1) is 0 Å². The second-order valence-corrected chi connectivity index (χ2v) is 6.57. The fourth-order valence-corrected chi connectivity index (χ4v) is 2.95. The van der Waals surface area contributed by atoms with E-state index in [2.05, 4.69) is 20.0 Å². The van der Waals surface area contributed by atoms with E-state index >= 15 is 0 Å². The minimum Gasteiger partial charge on any atom is -0.468 e. The van der Waals surface area contributed by atoms with Crippen molar-refractivity contribution in [1.29, 1.82) is 0 Å². The third-order valence-electron chi connectivity index (χ3n) is 4.32. The second kappa shape index (κ2) is 8.50. The van der Waals surface area contributed by atoms with E-state index in [1.807, 2.05) is 30.5 Å². The number of nitrogens with zero attached hydrogens (tertiary/aromatic N) is 1. The summed E-state index contributed by atoms with van der Waals surface area (Å²) in [6.07, 6.45) is -2.05. The molecule has 0 spiro atoms. The first-order valence-corrected chi connectivity index (χ1v) is 8.93. The van der Waals surface area contributed by atoms with Crippen LogP contribution in [0.5, 0.6) is 5.88 Å². The van der Waals surface area contributed by atoms with Gasteiger partial charge in [0.25, 0.3) is 0 Å². The van der Waals surface area contributed by atoms with E-state index in [-0.39, 0.29) is 23.9 Å². The molecule has 0 radical (unpaired) electrons. The molecule has 9 heteroatoms. The van der Waals surface area contributed by atoms with Crippen LogP contribution < -0.4 is 10.1 Å². The molecular weight excluding hydrogens is 390 g/mol. The molecule has 5 nitrogen and oxygen atoms in total. The fraction of sp³-hybridized carbons (Fsp3) is 0.300. The highest BCUT2D eigenvalue weighted by Crippen LogP contribution is 2.22. The van der Waals surface area contributed by atoms with Crippen molar-refractivity contribution in [3.63, 3.8) is 0 Å². The fourth-order valence-electron chi connectivity index (χ4n) is 2.95. The van der Waals surface area contributed by atoms with Gasteiger partial charge in [0.1, 0.15) is 11.5 Å². The van der Waals surface area contributed by atoms with Gasteiger partial charge in [0.2, 0.25) is 11.8 Å². The molecule has 0 unspecified atom stereocenters. The summed E-state index contributed by atoms with van der Waals surface area (Å²) in [5, 5.41) is 3.64. The number of alkyl halides is 3. The van der Waals surface area contributed by atoms with Gasteiger partial charge < -0.3 is 15.0 Å². The third-order valence-corrected chi connectivity index (χ3v) is 4.32. The number of nitrogens with one attached hydrogen (secondary N) is 2. The predicted octanol–water partition coefficient (Wildman–Crippen LogP) is 4.45. The van der Waals surface area contributed by atoms with E-state index in [1.54, 1.807) is 0 Å². The standard InChI is InChI=1S/C20H19F4N3O2/c1-12(19-15(21)7-9-18(27-19)29-11-20(22,23)24)26-17(28)8-6-13-10-25-16-5-3-2-4-14(13)16/h2-5,7,9-10,12,25H,6,8,11H2,1H3,(H,26,28)/t12-/m1/s1. The minimum absolute atomic E-state index is 0.165. The maximum absolute atomic E-state index is 14.0. The van der Waals surface area contributed by atoms with Crippen LogP contribution in [0, 0.1) is 5.82 Å². The lowest BCUT2D eigenvalue weighted by Gasteiger charge is -2.16. The molecule has 0 bridgehead atoms. The van der Waals surface area contributed by atoms with Crippen molar-refractivity contribution < 1.29 is 27.1 Å². The van der Waals surface area contributed by atoms with Crippen molar-refractivity contribution in [1.82, 2.24) is 15.3 Å². The number of aryl methyl sites for hydroxylation is 1. The average Bonchev–Trinajstić information content (AvgIpc) is 3.08. The van der Waals surface area contributed by atoms with Crippen molar-refractivity contribution in [3.8, 4) is 5.88 Å². The monoisotopic (exact) mass is 409 g/mol. The molecule has 0 aliphatic carbocycles. The van der Waals surface area contributed by atoms with Crippen LogP contribution in [0.25, 0.3) is 10.9 Å². The maximum Gasteiger partial charge on any atom is 0.422 e. The highest BCUT2D eigenvalue weighted by Gasteiger charge is 2.29. The Balaban J connectivity index is 1.60. The normalized spacial score (nSPS) is 12.7. The van der Waals surface area contributed by atoms with Crippen molar-refractivity contribution >= 4 is 16.8 Å². The Kier molecular flexibility index (Phi) is 6.05. The smallest absolute Gasteiger partial charge is 0.422 e. The van der Waals surface area contributed by atoms with Gasteiger partial charge in [-0.3, -0.25) is 4.79 Å². The van der Waals surface area contributed by atoms with Gasteiger partial charge in [-0.1, -0.05) is 18.2 Å². The molecule has 0 fully saturated rings. The SMILES string of the molecule is C[C@@H](NC(=O)CCc1c[nH]c2ccccc12)c1nc(OCC(F)(F)F)ccc1F. The summed E-state index contributed by atoms with van der Waals surface area (Å²) in [5.74, 6) is -1.43. The van der Waals surface area contributed by atoms with E-state index in [9.17, 15) is 22.4 Å². The number of H-pyrrole nitrogens is 1. The molecule has 2 aromatic heterocycles. The first-order chi connectivity index (χ1) is 13.7. The topological polar surface area (TPSA) is 67.0 Å². The number of hydrogen-bond donors (Lipinski definition) is 2. The largest absolute Gasteiger partial charge is 0.468 e. The van der Waals surface area contributed by atoms with Crippen LogP contribution in [0.3, 0.4) is 0 Å². The van der Waals surface area contributed by atoms with Crippen LogP contribution in [0.15, 0.2) is 42.6 Å². The number of ether oxygens (including phenoxy) is 1. The van der Waals surface area contributed by atoms with E-state index in [1.165, 1.54) is 6.92 Å². The number of fused-ring (bicyclic) bond motifs is 1. The van der Waals surface area contributed by atoms with Gasteiger partial charge in [0, 0.05) is 29.6 Å². The van der Waals surface area contributed by atoms with Crippen molar-refractivity contribution in [2.24, 2.45) is 0 Å². The molecule has 1 aromatic carbocycles. The van der Waals surface area contributed by atoms with Gasteiger partial charge in [-0.2, -0.15) is 13.2 Å². The van der Waals surface area contributed by atoms with Crippen LogP contribution in [-0.2, 0) is 11.2 Å². The van der Waals surface area contributed by atoms with Gasteiger partial charge in [0.05, 0.1) is 6.04 Å². The minimum atomic E-state index is -4.53. The van der Waals surface area contributed by atoms with Crippen molar-refractivity contribution in [3.05, 3.63) is 59.7 Å². The average molecular weight is 409 g/mol. The van der Waals surface area contributed by atoms with E-state index in [0.29, 0.717) is 6.42 Å². The Hall–Kier alpha value is -3.10. The molecule has 2 N–H and O–H groups in total. The van der Waals surface area contributed by atoms with Crippen molar-refractivity contribution in [2.75, 3.05) is 6.61 Å². The molecule has 3 rings (SSSR count). The molecule has 1 amide bonds. The number of carbonyl (C=O) groups is 1. The summed E-state index contributed by atoms with van der Waals surface area (Å²) >= 11 is 0. The lowest BCUT2D eigenvalue weighted by molar-refractivity contribution is -0.154. The summed E-state index contributed by atoms with van der Waals surface area (Å²) in [7, 11) is 0. The molecule has 0 aliphatic heterocycles. The van der Waals surface area contributed by atoms with Gasteiger partial charge in [-0.05, 0) is 31.0 Å². The molecule has 3 aromatic rings. The van der Waals surface area contributed by atoms with Crippen molar-refractivity contribution in [2.45, 2.75) is 32.0 Å². The summed E-state index contributed by atoms with van der Waals surface area (Å²) in [6.45, 7) is -0.0288. The molecular formula is C20H19F4N3O2. The van der Waals surface area contributed by atoms with E-state index in [4.69, 9.17) is 0 Å². The number of benzene rings is 1. The Bertz CT molecular complexity index is 1000. The highest BCUT2D eigenvalue weighted by atomic mass is 19.4. The number of halogens is 4. The first-order valence-electron chi connectivity index (χ1n) is 8.93. The number of rotatable bonds is 7. The summed E-state index contributed by atoms with van der Waals surface area (Å²) in [5.41, 5.74) is 1.76. The zero-order valence-corrected chi connectivity index (χ0v) is 15.5. The summed E-state index contributed by atoms with van der Waals surface area (Å²) < 4.78 is 55.4. The number of aromatic amines is 1. The lowest BCUT2D eigenvalue weighted by Crippen LogP contribution is -2.28. The van der Waals surface area contributed by atoms with Gasteiger partial charge >= 0.3 is 6.18 Å². The quantitative estimate of drug-likeness (QED) is 0.567. The summed E-state index contributed by atoms with van der Waals surface area (Å²) in [6, 6.07) is 8.84. The number of amides is 1. The highest BCUT2D eigenvalue weighted by molar-refractivity contribution is 5.84. The molecule has 2 heterocycles. The van der Waals surface area contributed by atoms with Crippen LogP contribution in [0.1, 0.15) is 30.6 Å². The van der Waals surface area contributed by atoms with Gasteiger partial charge in [0.15, 0.2) is 6.61 Å². The maximum atomic E-state index is 14.0.